The topological polar surface area (TPSA) is 23.9 Å². The van der Waals surface area contributed by atoms with Crippen LogP contribution < -0.4 is 0 Å². The molecule has 0 unspecified atom stereocenters. The molecule has 0 amide bonds. The summed E-state index contributed by atoms with van der Waals surface area (Å²) in [4.78, 5) is 0. The van der Waals surface area contributed by atoms with Gasteiger partial charge in [0.15, 0.2) is 0 Å². The fraction of sp³-hybridized carbons (Fsp3) is 0.375. The molecular weight excluding hydrogens is 110 g/mol. The van der Waals surface area contributed by atoms with E-state index in [1.807, 2.05) is 12.2 Å². The van der Waals surface area contributed by atoms with E-state index in [2.05, 4.69) is 13.8 Å². The second-order valence-corrected chi connectivity index (χ2v) is 1.92. The Bertz CT molecular complexity index is 132. The van der Waals surface area contributed by atoms with Gasteiger partial charge in [-0.25, -0.2) is 0 Å². The van der Waals surface area contributed by atoms with Crippen LogP contribution in [0, 0.1) is 5.41 Å². The van der Waals surface area contributed by atoms with Gasteiger partial charge in [-0.2, -0.15) is 0 Å². The molecule has 0 saturated carbocycles. The van der Waals surface area contributed by atoms with Crippen LogP contribution in [0.25, 0.3) is 0 Å². The Morgan fingerprint density at radius 3 is 2.56 bits per heavy atom. The summed E-state index contributed by atoms with van der Waals surface area (Å²) in [5.74, 6) is 0. The normalized spacial score (nSPS) is 12.4. The van der Waals surface area contributed by atoms with Crippen molar-refractivity contribution in [1.29, 1.82) is 5.41 Å². The first-order valence-electron chi connectivity index (χ1n) is 3.14. The number of rotatable bonds is 3. The summed E-state index contributed by atoms with van der Waals surface area (Å²) >= 11 is 0. The van der Waals surface area contributed by atoms with E-state index in [9.17, 15) is 0 Å². The van der Waals surface area contributed by atoms with E-state index in [0.717, 1.165) is 6.42 Å². The highest BCUT2D eigenvalue weighted by molar-refractivity contribution is 5.68. The molecule has 9 heavy (non-hydrogen) atoms. The lowest BCUT2D eigenvalue weighted by atomic mass is 10.2. The summed E-state index contributed by atoms with van der Waals surface area (Å²) in [6, 6.07) is 0. The number of nitrogens with one attached hydrogen (secondary N) is 1. The van der Waals surface area contributed by atoms with Crippen molar-refractivity contribution in [3.63, 3.8) is 0 Å². The molecule has 0 saturated heterocycles. The molecule has 0 rings (SSSR count). The minimum Gasteiger partial charge on any atom is -0.309 e. The first-order valence-corrected chi connectivity index (χ1v) is 3.14. The Morgan fingerprint density at radius 2 is 2.11 bits per heavy atom. The molecule has 0 aromatic heterocycles. The summed E-state index contributed by atoms with van der Waals surface area (Å²) in [7, 11) is 0. The van der Waals surface area contributed by atoms with Crippen LogP contribution in [0.3, 0.4) is 0 Å². The van der Waals surface area contributed by atoms with Crippen molar-refractivity contribution in [3.05, 3.63) is 23.8 Å². The van der Waals surface area contributed by atoms with Gasteiger partial charge in [0.05, 0.1) is 0 Å². The summed E-state index contributed by atoms with van der Waals surface area (Å²) < 4.78 is 0. The van der Waals surface area contributed by atoms with Crippen LogP contribution in [0.4, 0.5) is 0 Å². The summed E-state index contributed by atoms with van der Waals surface area (Å²) in [5, 5.41) is 6.66. The second kappa shape index (κ2) is 5.29. The maximum absolute atomic E-state index is 6.66. The van der Waals surface area contributed by atoms with Gasteiger partial charge < -0.3 is 5.41 Å². The van der Waals surface area contributed by atoms with Crippen molar-refractivity contribution < 1.29 is 0 Å². The van der Waals surface area contributed by atoms with Gasteiger partial charge in [0.25, 0.3) is 0 Å². The van der Waals surface area contributed by atoms with E-state index in [1.165, 1.54) is 11.8 Å². The first kappa shape index (κ1) is 8.15. The third-order valence-corrected chi connectivity index (χ3v) is 1.15. The average molecular weight is 123 g/mol. The van der Waals surface area contributed by atoms with Crippen molar-refractivity contribution in [2.24, 2.45) is 0 Å². The van der Waals surface area contributed by atoms with Crippen molar-refractivity contribution in [1.82, 2.24) is 0 Å². The lowest BCUT2D eigenvalue weighted by molar-refractivity contribution is 1.10. The van der Waals surface area contributed by atoms with Gasteiger partial charge in [0, 0.05) is 6.21 Å². The van der Waals surface area contributed by atoms with Gasteiger partial charge >= 0.3 is 0 Å². The second-order valence-electron chi connectivity index (χ2n) is 1.92. The molecule has 0 atom stereocenters. The predicted molar refractivity (Wildman–Crippen MR) is 42.0 cm³/mol. The lowest BCUT2D eigenvalue weighted by Gasteiger charge is -1.87. The third-order valence-electron chi connectivity index (χ3n) is 1.15. The zero-order valence-electron chi connectivity index (χ0n) is 6.02. The molecular formula is C8H13N. The van der Waals surface area contributed by atoms with E-state index >= 15 is 0 Å². The average Bonchev–Trinajstić information content (AvgIpc) is 1.89. The van der Waals surface area contributed by atoms with Gasteiger partial charge in [-0.15, -0.1) is 0 Å². The molecule has 0 aliphatic rings. The van der Waals surface area contributed by atoms with Crippen molar-refractivity contribution >= 4 is 6.21 Å². The molecule has 1 nitrogen and oxygen atoms in total. The molecule has 0 aliphatic heterocycles. The van der Waals surface area contributed by atoms with E-state index in [4.69, 9.17) is 5.41 Å². The highest BCUT2D eigenvalue weighted by Gasteiger charge is 1.76. The Balaban J connectivity index is 3.67. The minimum atomic E-state index is 1.09. The highest BCUT2D eigenvalue weighted by Crippen LogP contribution is 1.96. The number of allylic oxidation sites excluding steroid dienone is 4. The van der Waals surface area contributed by atoms with Crippen molar-refractivity contribution in [3.8, 4) is 0 Å². The summed E-state index contributed by atoms with van der Waals surface area (Å²) in [6.45, 7) is 4.19. The number of hydrogen-bond acceptors (Lipinski definition) is 1. The van der Waals surface area contributed by atoms with Gasteiger partial charge in [0.1, 0.15) is 0 Å². The quantitative estimate of drug-likeness (QED) is 0.440. The molecule has 0 aromatic rings. The van der Waals surface area contributed by atoms with Gasteiger partial charge in [-0.05, 0) is 19.4 Å². The van der Waals surface area contributed by atoms with Crippen LogP contribution in [0.1, 0.15) is 20.3 Å². The van der Waals surface area contributed by atoms with E-state index in [0.29, 0.717) is 0 Å². The number of hydrogen-bond donors (Lipinski definition) is 1. The molecule has 50 valence electrons. The van der Waals surface area contributed by atoms with Gasteiger partial charge in [-0.1, -0.05) is 24.6 Å². The molecule has 0 aromatic carbocycles. The van der Waals surface area contributed by atoms with Crippen LogP contribution in [0.15, 0.2) is 23.8 Å². The Kier molecular flexibility index (Phi) is 4.79. The van der Waals surface area contributed by atoms with Crippen LogP contribution in [-0.4, -0.2) is 6.21 Å². The van der Waals surface area contributed by atoms with Crippen LogP contribution >= 0.6 is 0 Å². The van der Waals surface area contributed by atoms with Crippen molar-refractivity contribution in [2.45, 2.75) is 20.3 Å². The zero-order chi connectivity index (χ0) is 7.11. The largest absolute Gasteiger partial charge is 0.309 e. The van der Waals surface area contributed by atoms with E-state index in [-0.39, 0.29) is 0 Å². The minimum absolute atomic E-state index is 1.09. The molecule has 0 bridgehead atoms. The van der Waals surface area contributed by atoms with Crippen LogP contribution in [0.5, 0.6) is 0 Å². The third kappa shape index (κ3) is 5.01. The Labute approximate surface area is 56.6 Å². The predicted octanol–water partition coefficient (Wildman–Crippen LogP) is 2.55. The maximum atomic E-state index is 6.66. The van der Waals surface area contributed by atoms with Crippen LogP contribution in [0.2, 0.25) is 0 Å². The van der Waals surface area contributed by atoms with Crippen molar-refractivity contribution in [2.75, 3.05) is 0 Å². The standard InChI is InChI=1S/C8H13N/c1-3-8(2)6-4-5-7-9/h4-7,9H,3H2,1-2H3/b5-4-,8-6-,9-7?. The highest BCUT2D eigenvalue weighted by atomic mass is 14.3. The fourth-order valence-corrected chi connectivity index (χ4v) is 0.393. The molecule has 0 heterocycles. The van der Waals surface area contributed by atoms with Gasteiger partial charge in [-0.3, -0.25) is 0 Å². The molecule has 0 spiro atoms. The Morgan fingerprint density at radius 1 is 1.44 bits per heavy atom. The lowest BCUT2D eigenvalue weighted by Crippen LogP contribution is -1.67. The SMILES string of the molecule is CC/C(C)=C\C=C/C=N. The Hall–Kier alpha value is -0.850. The molecule has 0 aliphatic carbocycles. The molecule has 0 fully saturated rings. The van der Waals surface area contributed by atoms with E-state index in [1.54, 1.807) is 6.08 Å². The van der Waals surface area contributed by atoms with Gasteiger partial charge in [0.2, 0.25) is 0 Å². The van der Waals surface area contributed by atoms with Crippen LogP contribution in [-0.2, 0) is 0 Å². The summed E-state index contributed by atoms with van der Waals surface area (Å²) in [6.07, 6.45) is 7.97. The maximum Gasteiger partial charge on any atom is 0.0177 e. The fourth-order valence-electron chi connectivity index (χ4n) is 0.393. The summed E-state index contributed by atoms with van der Waals surface area (Å²) in [5.41, 5.74) is 1.34. The molecule has 0 radical (unpaired) electrons. The smallest absolute Gasteiger partial charge is 0.0177 e. The first-order chi connectivity index (χ1) is 4.31. The van der Waals surface area contributed by atoms with E-state index < -0.39 is 0 Å². The molecule has 1 N–H and O–H groups in total. The zero-order valence-corrected chi connectivity index (χ0v) is 6.02. The monoisotopic (exact) mass is 123 g/mol. The molecule has 1 heteroatoms.